The lowest BCUT2D eigenvalue weighted by Gasteiger charge is -2.11. The van der Waals surface area contributed by atoms with Gasteiger partial charge in [0.25, 0.3) is 0 Å². The summed E-state index contributed by atoms with van der Waals surface area (Å²) in [6, 6.07) is 0.270. The number of hydrogen-bond acceptors (Lipinski definition) is 3. The molecule has 1 fully saturated rings. The number of aryl methyl sites for hydroxylation is 2. The van der Waals surface area contributed by atoms with Gasteiger partial charge in [0.2, 0.25) is 0 Å². The topological polar surface area (TPSA) is 54.0 Å². The number of thiazole rings is 1. The van der Waals surface area contributed by atoms with Gasteiger partial charge in [-0.05, 0) is 32.1 Å². The normalized spacial score (nSPS) is 19.3. The van der Waals surface area contributed by atoms with E-state index in [4.69, 9.17) is 0 Å². The first kappa shape index (κ1) is 11.0. The molecule has 0 aromatic carbocycles. The first-order valence-electron chi connectivity index (χ1n) is 6.37. The highest BCUT2D eigenvalue weighted by Gasteiger charge is 2.20. The third kappa shape index (κ3) is 2.44. The van der Waals surface area contributed by atoms with Gasteiger partial charge < -0.3 is 5.32 Å². The van der Waals surface area contributed by atoms with E-state index in [1.165, 1.54) is 29.8 Å². The molecule has 5 heteroatoms. The van der Waals surface area contributed by atoms with E-state index in [0.717, 1.165) is 30.8 Å². The summed E-state index contributed by atoms with van der Waals surface area (Å²) in [7, 11) is 0. The van der Waals surface area contributed by atoms with Crippen molar-refractivity contribution in [2.45, 2.75) is 51.0 Å². The number of rotatable bonds is 2. The first-order chi connectivity index (χ1) is 8.31. The van der Waals surface area contributed by atoms with E-state index in [1.807, 2.05) is 0 Å². The fraction of sp³-hybridized carbons (Fsp3) is 0.667. The monoisotopic (exact) mass is 251 g/mol. The molecular formula is C12H17N3OS. The summed E-state index contributed by atoms with van der Waals surface area (Å²) in [5.74, 6) is 0. The molecule has 1 saturated carbocycles. The number of carbonyl (C=O) groups is 1. The predicted octanol–water partition coefficient (Wildman–Crippen LogP) is 2.70. The minimum Gasteiger partial charge on any atom is -0.335 e. The Morgan fingerprint density at radius 2 is 2.06 bits per heavy atom. The van der Waals surface area contributed by atoms with Crippen LogP contribution in [-0.2, 0) is 12.8 Å². The molecule has 1 aromatic heterocycles. The summed E-state index contributed by atoms with van der Waals surface area (Å²) in [5.41, 5.74) is 1.19. The highest BCUT2D eigenvalue weighted by molar-refractivity contribution is 7.15. The third-order valence-corrected chi connectivity index (χ3v) is 4.58. The SMILES string of the molecule is O=C(Nc1nc2c(s1)CCC2)NC1CCCC1. The number of nitrogens with zero attached hydrogens (tertiary/aromatic N) is 1. The number of hydrogen-bond donors (Lipinski definition) is 2. The van der Waals surface area contributed by atoms with Crippen LogP contribution in [0.1, 0.15) is 42.7 Å². The second-order valence-corrected chi connectivity index (χ2v) is 5.91. The van der Waals surface area contributed by atoms with E-state index in [9.17, 15) is 4.79 Å². The molecule has 0 spiro atoms. The van der Waals surface area contributed by atoms with E-state index in [2.05, 4.69) is 15.6 Å². The van der Waals surface area contributed by atoms with E-state index < -0.39 is 0 Å². The molecule has 2 aliphatic rings. The third-order valence-electron chi connectivity index (χ3n) is 3.51. The largest absolute Gasteiger partial charge is 0.335 e. The summed E-state index contributed by atoms with van der Waals surface area (Å²) in [6.45, 7) is 0. The molecule has 2 amide bonds. The van der Waals surface area contributed by atoms with Crippen LogP contribution in [0.4, 0.5) is 9.93 Å². The highest BCUT2D eigenvalue weighted by atomic mass is 32.1. The molecule has 2 aliphatic carbocycles. The number of urea groups is 1. The Kier molecular flexibility index (Phi) is 3.01. The van der Waals surface area contributed by atoms with Crippen molar-refractivity contribution in [1.29, 1.82) is 0 Å². The molecule has 1 heterocycles. The maximum Gasteiger partial charge on any atom is 0.321 e. The molecule has 4 nitrogen and oxygen atoms in total. The summed E-state index contributed by atoms with van der Waals surface area (Å²) in [6.07, 6.45) is 8.09. The zero-order valence-electron chi connectivity index (χ0n) is 9.79. The van der Waals surface area contributed by atoms with Crippen molar-refractivity contribution in [1.82, 2.24) is 10.3 Å². The van der Waals surface area contributed by atoms with Crippen molar-refractivity contribution in [3.05, 3.63) is 10.6 Å². The van der Waals surface area contributed by atoms with Crippen molar-refractivity contribution in [2.75, 3.05) is 5.32 Å². The van der Waals surface area contributed by atoms with Gasteiger partial charge in [0.1, 0.15) is 0 Å². The molecule has 0 unspecified atom stereocenters. The van der Waals surface area contributed by atoms with Gasteiger partial charge in [0.05, 0.1) is 5.69 Å². The van der Waals surface area contributed by atoms with E-state index in [-0.39, 0.29) is 6.03 Å². The van der Waals surface area contributed by atoms with Gasteiger partial charge in [-0.25, -0.2) is 9.78 Å². The van der Waals surface area contributed by atoms with Crippen LogP contribution in [0, 0.1) is 0 Å². The van der Waals surface area contributed by atoms with Crippen LogP contribution >= 0.6 is 11.3 Å². The van der Waals surface area contributed by atoms with Crippen LogP contribution in [0.2, 0.25) is 0 Å². The van der Waals surface area contributed by atoms with Crippen LogP contribution in [0.25, 0.3) is 0 Å². The van der Waals surface area contributed by atoms with Crippen LogP contribution < -0.4 is 10.6 Å². The van der Waals surface area contributed by atoms with Gasteiger partial charge in [-0.15, -0.1) is 11.3 Å². The van der Waals surface area contributed by atoms with Gasteiger partial charge in [-0.1, -0.05) is 12.8 Å². The number of nitrogens with one attached hydrogen (secondary N) is 2. The molecular weight excluding hydrogens is 234 g/mol. The zero-order chi connectivity index (χ0) is 11.7. The van der Waals surface area contributed by atoms with E-state index in [1.54, 1.807) is 11.3 Å². The lowest BCUT2D eigenvalue weighted by Crippen LogP contribution is -2.36. The first-order valence-corrected chi connectivity index (χ1v) is 7.19. The van der Waals surface area contributed by atoms with Gasteiger partial charge in [-0.3, -0.25) is 5.32 Å². The molecule has 0 aliphatic heterocycles. The minimum absolute atomic E-state index is 0.0932. The molecule has 0 bridgehead atoms. The van der Waals surface area contributed by atoms with Gasteiger partial charge in [0.15, 0.2) is 5.13 Å². The summed E-state index contributed by atoms with van der Waals surface area (Å²) < 4.78 is 0. The fourth-order valence-electron chi connectivity index (χ4n) is 2.63. The minimum atomic E-state index is -0.0932. The average molecular weight is 251 g/mol. The molecule has 0 atom stereocenters. The molecule has 1 aromatic rings. The van der Waals surface area contributed by atoms with Crippen molar-refractivity contribution in [2.24, 2.45) is 0 Å². The fourth-order valence-corrected chi connectivity index (χ4v) is 3.68. The molecule has 3 rings (SSSR count). The average Bonchev–Trinajstić information content (AvgIpc) is 2.92. The second kappa shape index (κ2) is 4.64. The number of carbonyl (C=O) groups excluding carboxylic acids is 1. The van der Waals surface area contributed by atoms with Gasteiger partial charge in [-0.2, -0.15) is 0 Å². The number of aromatic nitrogens is 1. The molecule has 17 heavy (non-hydrogen) atoms. The van der Waals surface area contributed by atoms with Crippen LogP contribution in [0.5, 0.6) is 0 Å². The Balaban J connectivity index is 1.56. The molecule has 0 saturated heterocycles. The molecule has 92 valence electrons. The van der Waals surface area contributed by atoms with Crippen molar-refractivity contribution in [3.63, 3.8) is 0 Å². The second-order valence-electron chi connectivity index (χ2n) is 4.82. The smallest absolute Gasteiger partial charge is 0.321 e. The number of anilines is 1. The van der Waals surface area contributed by atoms with Crippen LogP contribution in [-0.4, -0.2) is 17.1 Å². The molecule has 2 N–H and O–H groups in total. The summed E-state index contributed by atoms with van der Waals surface area (Å²) >= 11 is 1.63. The Morgan fingerprint density at radius 3 is 2.82 bits per heavy atom. The van der Waals surface area contributed by atoms with Crippen molar-refractivity contribution < 1.29 is 4.79 Å². The van der Waals surface area contributed by atoms with Gasteiger partial charge in [0, 0.05) is 10.9 Å². The Morgan fingerprint density at radius 1 is 1.24 bits per heavy atom. The maximum atomic E-state index is 11.7. The Bertz CT molecular complexity index is 402. The Labute approximate surface area is 105 Å². The van der Waals surface area contributed by atoms with Crippen LogP contribution in [0.15, 0.2) is 0 Å². The maximum absolute atomic E-state index is 11.7. The lowest BCUT2D eigenvalue weighted by molar-refractivity contribution is 0.248. The van der Waals surface area contributed by atoms with Crippen molar-refractivity contribution in [3.8, 4) is 0 Å². The zero-order valence-corrected chi connectivity index (χ0v) is 10.6. The highest BCUT2D eigenvalue weighted by Crippen LogP contribution is 2.30. The van der Waals surface area contributed by atoms with Gasteiger partial charge >= 0.3 is 6.03 Å². The quantitative estimate of drug-likeness (QED) is 0.849. The van der Waals surface area contributed by atoms with E-state index in [0.29, 0.717) is 6.04 Å². The summed E-state index contributed by atoms with van der Waals surface area (Å²) in [4.78, 5) is 17.5. The van der Waals surface area contributed by atoms with Crippen LogP contribution in [0.3, 0.4) is 0 Å². The molecule has 0 radical (unpaired) electrons. The number of amides is 2. The van der Waals surface area contributed by atoms with Crippen molar-refractivity contribution >= 4 is 22.5 Å². The predicted molar refractivity (Wildman–Crippen MR) is 68.5 cm³/mol. The lowest BCUT2D eigenvalue weighted by atomic mass is 10.3. The number of fused-ring (bicyclic) bond motifs is 1. The Hall–Kier alpha value is -1.10. The van der Waals surface area contributed by atoms with E-state index >= 15 is 0 Å². The standard InChI is InChI=1S/C12H17N3OS/c16-11(13-8-4-1-2-5-8)15-12-14-9-6-3-7-10(9)17-12/h8H,1-7H2,(H2,13,14,15,16). The summed E-state index contributed by atoms with van der Waals surface area (Å²) in [5, 5.41) is 6.62.